The summed E-state index contributed by atoms with van der Waals surface area (Å²) in [6.45, 7) is 4.55. The molecule has 4 aromatic carbocycles. The van der Waals surface area contributed by atoms with Gasteiger partial charge < -0.3 is 0 Å². The lowest BCUT2D eigenvalue weighted by molar-refractivity contribution is 0.667. The van der Waals surface area contributed by atoms with E-state index in [0.717, 1.165) is 24.0 Å². The molecule has 0 N–H and O–H groups in total. The van der Waals surface area contributed by atoms with E-state index < -0.39 is 0 Å². The van der Waals surface area contributed by atoms with E-state index in [-0.39, 0.29) is 0 Å². The van der Waals surface area contributed by atoms with Crippen LogP contribution in [0.2, 0.25) is 0 Å². The minimum Gasteiger partial charge on any atom is -0.0654 e. The van der Waals surface area contributed by atoms with Crippen molar-refractivity contribution in [2.45, 2.75) is 78.1 Å². The summed E-state index contributed by atoms with van der Waals surface area (Å²) in [5.41, 5.74) is 10.1. The predicted octanol–water partition coefficient (Wildman–Crippen LogP) is 10.7. The Hall–Kier alpha value is -3.56. The quantitative estimate of drug-likeness (QED) is 0.135. The van der Waals surface area contributed by atoms with Crippen molar-refractivity contribution in [3.8, 4) is 34.1 Å². The van der Waals surface area contributed by atoms with Crippen molar-refractivity contribution in [3.05, 3.63) is 119 Å². The molecule has 0 nitrogen and oxygen atoms in total. The minimum atomic E-state index is 1.05. The maximum Gasteiger partial charge on any atom is 0.0327 e. The van der Waals surface area contributed by atoms with Gasteiger partial charge in [-0.05, 0) is 83.3 Å². The first-order valence-electron chi connectivity index (χ1n) is 14.7. The summed E-state index contributed by atoms with van der Waals surface area (Å²) in [6.07, 6.45) is 12.5. The SMILES string of the molecule is CCCCCCc1ccc(C#Cc2ccccc2)c(-c2ccc(CCCCCC)cc2-c2ccccc2)c1. The molecule has 194 valence electrons. The maximum atomic E-state index is 3.52. The molecule has 0 radical (unpaired) electrons. The van der Waals surface area contributed by atoms with Crippen LogP contribution in [-0.2, 0) is 12.8 Å². The van der Waals surface area contributed by atoms with Gasteiger partial charge in [0, 0.05) is 11.1 Å². The van der Waals surface area contributed by atoms with Crippen molar-refractivity contribution in [3.63, 3.8) is 0 Å². The molecule has 0 unspecified atom stereocenters. The Bertz CT molecular complexity index is 1320. The van der Waals surface area contributed by atoms with Crippen molar-refractivity contribution >= 4 is 0 Å². The summed E-state index contributed by atoms with van der Waals surface area (Å²) in [5, 5.41) is 0. The van der Waals surface area contributed by atoms with Crippen LogP contribution in [0, 0.1) is 11.8 Å². The van der Waals surface area contributed by atoms with Gasteiger partial charge >= 0.3 is 0 Å². The third-order valence-corrected chi connectivity index (χ3v) is 7.30. The van der Waals surface area contributed by atoms with E-state index in [2.05, 4.69) is 117 Å². The van der Waals surface area contributed by atoms with Crippen LogP contribution in [0.1, 0.15) is 87.5 Å². The zero-order valence-electron chi connectivity index (χ0n) is 23.3. The molecular formula is C38H42. The monoisotopic (exact) mass is 498 g/mol. The van der Waals surface area contributed by atoms with Crippen LogP contribution >= 0.6 is 0 Å². The summed E-state index contributed by atoms with van der Waals surface area (Å²) in [5.74, 6) is 6.93. The van der Waals surface area contributed by atoms with Gasteiger partial charge in [0.15, 0.2) is 0 Å². The van der Waals surface area contributed by atoms with E-state index >= 15 is 0 Å². The van der Waals surface area contributed by atoms with Gasteiger partial charge in [0.2, 0.25) is 0 Å². The second-order valence-corrected chi connectivity index (χ2v) is 10.4. The van der Waals surface area contributed by atoms with Crippen molar-refractivity contribution in [2.75, 3.05) is 0 Å². The van der Waals surface area contributed by atoms with Crippen LogP contribution in [0.4, 0.5) is 0 Å². The van der Waals surface area contributed by atoms with Crippen LogP contribution in [-0.4, -0.2) is 0 Å². The van der Waals surface area contributed by atoms with Gasteiger partial charge in [-0.2, -0.15) is 0 Å². The van der Waals surface area contributed by atoms with E-state index in [4.69, 9.17) is 0 Å². The second kappa shape index (κ2) is 15.0. The lowest BCUT2D eigenvalue weighted by atomic mass is 9.88. The van der Waals surface area contributed by atoms with Gasteiger partial charge in [-0.15, -0.1) is 0 Å². The highest BCUT2D eigenvalue weighted by molar-refractivity contribution is 5.87. The Morgan fingerprint density at radius 1 is 0.474 bits per heavy atom. The Morgan fingerprint density at radius 2 is 1.05 bits per heavy atom. The van der Waals surface area contributed by atoms with Gasteiger partial charge in [-0.3, -0.25) is 0 Å². The fourth-order valence-electron chi connectivity index (χ4n) is 5.09. The average molecular weight is 499 g/mol. The summed E-state index contributed by atoms with van der Waals surface area (Å²) in [6, 6.07) is 35.2. The van der Waals surface area contributed by atoms with E-state index in [1.54, 1.807) is 0 Å². The first-order valence-corrected chi connectivity index (χ1v) is 14.7. The largest absolute Gasteiger partial charge is 0.0654 e. The highest BCUT2D eigenvalue weighted by Crippen LogP contribution is 2.36. The van der Waals surface area contributed by atoms with Gasteiger partial charge in [0.25, 0.3) is 0 Å². The van der Waals surface area contributed by atoms with Crippen molar-refractivity contribution in [2.24, 2.45) is 0 Å². The summed E-state index contributed by atoms with van der Waals surface area (Å²) < 4.78 is 0. The van der Waals surface area contributed by atoms with Gasteiger partial charge in [0.05, 0.1) is 0 Å². The van der Waals surface area contributed by atoms with E-state index in [1.165, 1.54) is 84.7 Å². The number of hydrogen-bond donors (Lipinski definition) is 0. The Balaban J connectivity index is 1.76. The molecule has 0 amide bonds. The fourth-order valence-corrected chi connectivity index (χ4v) is 5.09. The summed E-state index contributed by atoms with van der Waals surface area (Å²) in [4.78, 5) is 0. The molecule has 0 heteroatoms. The zero-order chi connectivity index (χ0) is 26.4. The van der Waals surface area contributed by atoms with Crippen LogP contribution in [0.25, 0.3) is 22.3 Å². The molecule has 0 heterocycles. The predicted molar refractivity (Wildman–Crippen MR) is 165 cm³/mol. The van der Waals surface area contributed by atoms with Crippen LogP contribution < -0.4 is 0 Å². The molecule has 0 bridgehead atoms. The van der Waals surface area contributed by atoms with Crippen LogP contribution in [0.5, 0.6) is 0 Å². The van der Waals surface area contributed by atoms with Gasteiger partial charge in [-0.25, -0.2) is 0 Å². The van der Waals surface area contributed by atoms with Crippen LogP contribution in [0.3, 0.4) is 0 Å². The number of benzene rings is 4. The highest BCUT2D eigenvalue weighted by atomic mass is 14.2. The molecule has 0 spiro atoms. The molecule has 4 rings (SSSR count). The Kier molecular flexibility index (Phi) is 10.8. The normalized spacial score (nSPS) is 10.7. The lowest BCUT2D eigenvalue weighted by Crippen LogP contribution is -1.95. The molecular weight excluding hydrogens is 456 g/mol. The molecule has 0 saturated carbocycles. The molecule has 0 aliphatic heterocycles. The minimum absolute atomic E-state index is 1.05. The number of aryl methyl sites for hydroxylation is 2. The van der Waals surface area contributed by atoms with Gasteiger partial charge in [-0.1, -0.05) is 137 Å². The lowest BCUT2D eigenvalue weighted by Gasteiger charge is -2.16. The van der Waals surface area contributed by atoms with Crippen molar-refractivity contribution < 1.29 is 0 Å². The third-order valence-electron chi connectivity index (χ3n) is 7.30. The molecule has 0 aliphatic carbocycles. The smallest absolute Gasteiger partial charge is 0.0327 e. The Morgan fingerprint density at radius 3 is 1.68 bits per heavy atom. The van der Waals surface area contributed by atoms with E-state index in [1.807, 2.05) is 6.07 Å². The molecule has 0 saturated heterocycles. The topological polar surface area (TPSA) is 0 Å². The van der Waals surface area contributed by atoms with E-state index in [9.17, 15) is 0 Å². The molecule has 0 fully saturated rings. The van der Waals surface area contributed by atoms with E-state index in [0.29, 0.717) is 0 Å². The first kappa shape index (κ1) is 27.5. The highest BCUT2D eigenvalue weighted by Gasteiger charge is 2.13. The number of rotatable bonds is 12. The molecule has 4 aromatic rings. The Labute approximate surface area is 231 Å². The maximum absolute atomic E-state index is 3.52. The average Bonchev–Trinajstić information content (AvgIpc) is 2.98. The number of unbranched alkanes of at least 4 members (excludes halogenated alkanes) is 6. The third kappa shape index (κ3) is 7.97. The van der Waals surface area contributed by atoms with Crippen molar-refractivity contribution in [1.29, 1.82) is 0 Å². The summed E-state index contributed by atoms with van der Waals surface area (Å²) >= 11 is 0. The second-order valence-electron chi connectivity index (χ2n) is 10.4. The number of hydrogen-bond acceptors (Lipinski definition) is 0. The molecule has 0 atom stereocenters. The molecule has 0 aromatic heterocycles. The first-order chi connectivity index (χ1) is 18.8. The van der Waals surface area contributed by atoms with Gasteiger partial charge in [0.1, 0.15) is 0 Å². The fraction of sp³-hybridized carbons (Fsp3) is 0.316. The molecule has 38 heavy (non-hydrogen) atoms. The van der Waals surface area contributed by atoms with Crippen molar-refractivity contribution in [1.82, 2.24) is 0 Å². The molecule has 0 aliphatic rings. The standard InChI is InChI=1S/C38H42/c1-3-5-7-11-19-32-24-27-35(26-23-31-17-13-9-14-18-31)38(29-32)36-28-25-33(20-12-8-6-4-2)30-37(36)34-21-15-10-16-22-34/h9-10,13-18,21-22,24-25,27-30H,3-8,11-12,19-20H2,1-2H3. The summed E-state index contributed by atoms with van der Waals surface area (Å²) in [7, 11) is 0. The zero-order valence-corrected chi connectivity index (χ0v) is 23.3. The van der Waals surface area contributed by atoms with Crippen LogP contribution in [0.15, 0.2) is 97.1 Å².